The summed E-state index contributed by atoms with van der Waals surface area (Å²) in [4.78, 5) is 16.0. The summed E-state index contributed by atoms with van der Waals surface area (Å²) in [5.41, 5.74) is 0. The maximum Gasteiger partial charge on any atom is 0.241 e. The highest BCUT2D eigenvalue weighted by atomic mass is 32.2. The molecule has 1 aliphatic carbocycles. The quantitative estimate of drug-likeness (QED) is 0.807. The maximum atomic E-state index is 12.1. The molecule has 8 heteroatoms. The molecule has 0 bridgehead atoms. The summed E-state index contributed by atoms with van der Waals surface area (Å²) in [6.45, 7) is 4.17. The third-order valence-electron chi connectivity index (χ3n) is 4.06. The van der Waals surface area contributed by atoms with Gasteiger partial charge in [-0.2, -0.15) is 4.98 Å². The van der Waals surface area contributed by atoms with E-state index >= 15 is 0 Å². The van der Waals surface area contributed by atoms with Crippen LogP contribution in [0.1, 0.15) is 57.7 Å². The highest BCUT2D eigenvalue weighted by Gasteiger charge is 2.24. The normalized spacial score (nSPS) is 22.0. The molecule has 1 aromatic rings. The van der Waals surface area contributed by atoms with E-state index in [1.54, 1.807) is 0 Å². The Morgan fingerprint density at radius 3 is 2.65 bits per heavy atom. The number of carbonyl (C=O) groups excluding carboxylic acids is 1. The van der Waals surface area contributed by atoms with Crippen molar-refractivity contribution in [1.82, 2.24) is 15.5 Å². The first-order valence-electron chi connectivity index (χ1n) is 8.19. The molecule has 0 saturated heterocycles. The van der Waals surface area contributed by atoms with E-state index in [9.17, 15) is 13.2 Å². The van der Waals surface area contributed by atoms with Crippen molar-refractivity contribution < 1.29 is 17.7 Å². The summed E-state index contributed by atoms with van der Waals surface area (Å²) in [5, 5.41) is 6.54. The first kappa shape index (κ1) is 17.9. The lowest BCUT2D eigenvalue weighted by atomic mass is 9.87. The molecule has 0 spiro atoms. The predicted octanol–water partition coefficient (Wildman–Crippen LogP) is 1.63. The molecule has 1 aromatic heterocycles. The van der Waals surface area contributed by atoms with Gasteiger partial charge in [-0.25, -0.2) is 8.42 Å². The molecule has 0 unspecified atom stereocenters. The van der Waals surface area contributed by atoms with Crippen LogP contribution in [-0.4, -0.2) is 36.3 Å². The average Bonchev–Trinajstić information content (AvgIpc) is 2.87. The van der Waals surface area contributed by atoms with Gasteiger partial charge in [0, 0.05) is 12.5 Å². The molecule has 0 atom stereocenters. The molecule has 1 N–H and O–H groups in total. The Morgan fingerprint density at radius 1 is 1.30 bits per heavy atom. The van der Waals surface area contributed by atoms with E-state index in [0.29, 0.717) is 18.2 Å². The Morgan fingerprint density at radius 2 is 2.00 bits per heavy atom. The second kappa shape index (κ2) is 7.90. The number of nitrogens with zero attached hydrogens (tertiary/aromatic N) is 2. The number of aromatic nitrogens is 2. The molecular weight excluding hydrogens is 318 g/mol. The largest absolute Gasteiger partial charge is 0.352 e. The minimum Gasteiger partial charge on any atom is -0.352 e. The summed E-state index contributed by atoms with van der Waals surface area (Å²) in [6.07, 6.45) is 5.46. The third kappa shape index (κ3) is 5.93. The Hall–Kier alpha value is -1.44. The van der Waals surface area contributed by atoms with Gasteiger partial charge >= 0.3 is 0 Å². The van der Waals surface area contributed by atoms with E-state index in [-0.39, 0.29) is 11.9 Å². The number of carbonyl (C=O) groups is 1. The Bertz CT molecular complexity index is 618. The van der Waals surface area contributed by atoms with Gasteiger partial charge in [0.05, 0.1) is 0 Å². The van der Waals surface area contributed by atoms with Crippen molar-refractivity contribution in [2.75, 3.05) is 5.75 Å². The molecule has 130 valence electrons. The van der Waals surface area contributed by atoms with Gasteiger partial charge in [0.2, 0.25) is 11.8 Å². The zero-order valence-electron chi connectivity index (χ0n) is 13.7. The van der Waals surface area contributed by atoms with Crippen molar-refractivity contribution in [1.29, 1.82) is 0 Å². The van der Waals surface area contributed by atoms with Gasteiger partial charge in [-0.3, -0.25) is 4.79 Å². The topological polar surface area (TPSA) is 102 Å². The van der Waals surface area contributed by atoms with Gasteiger partial charge in [-0.1, -0.05) is 19.0 Å². The summed E-state index contributed by atoms with van der Waals surface area (Å²) in [5.74, 6) is -0.144. The first-order chi connectivity index (χ1) is 10.9. The van der Waals surface area contributed by atoms with E-state index < -0.39 is 27.3 Å². The molecule has 1 fully saturated rings. The Labute approximate surface area is 137 Å². The number of amides is 1. The smallest absolute Gasteiger partial charge is 0.241 e. The molecule has 0 aromatic carbocycles. The first-order valence-corrected chi connectivity index (χ1v) is 10.0. The molecule has 7 nitrogen and oxygen atoms in total. The highest BCUT2D eigenvalue weighted by molar-refractivity contribution is 7.91. The van der Waals surface area contributed by atoms with E-state index in [1.807, 2.05) is 6.92 Å². The van der Waals surface area contributed by atoms with Crippen molar-refractivity contribution >= 4 is 15.7 Å². The number of rotatable bonds is 7. The molecular formula is C15H25N3O4S. The fraction of sp³-hybridized carbons (Fsp3) is 0.800. The van der Waals surface area contributed by atoms with Gasteiger partial charge in [0.15, 0.2) is 15.7 Å². The van der Waals surface area contributed by atoms with Crippen molar-refractivity contribution in [3.05, 3.63) is 11.7 Å². The lowest BCUT2D eigenvalue weighted by Gasteiger charge is -2.26. The Balaban J connectivity index is 1.83. The third-order valence-corrected chi connectivity index (χ3v) is 5.45. The summed E-state index contributed by atoms with van der Waals surface area (Å²) in [7, 11) is -3.61. The van der Waals surface area contributed by atoms with Crippen LogP contribution in [0.2, 0.25) is 0 Å². The van der Waals surface area contributed by atoms with Crippen LogP contribution in [0, 0.1) is 5.92 Å². The SMILES string of the molecule is CCCc1noc(CS(=O)(=O)CC(=O)NC2CCC(C)CC2)n1. The lowest BCUT2D eigenvalue weighted by molar-refractivity contribution is -0.119. The number of aryl methyl sites for hydroxylation is 1. The summed E-state index contributed by atoms with van der Waals surface area (Å²) < 4.78 is 29.1. The number of hydrogen-bond acceptors (Lipinski definition) is 6. The maximum absolute atomic E-state index is 12.1. The van der Waals surface area contributed by atoms with Crippen LogP contribution in [0.3, 0.4) is 0 Å². The van der Waals surface area contributed by atoms with Crippen LogP contribution < -0.4 is 5.32 Å². The van der Waals surface area contributed by atoms with E-state index in [1.165, 1.54) is 0 Å². The number of hydrogen-bond donors (Lipinski definition) is 1. The standard InChI is InChI=1S/C15H25N3O4S/c1-3-4-13-17-15(22-18-13)10-23(20,21)9-14(19)16-12-7-5-11(2)6-8-12/h11-12H,3-10H2,1-2H3,(H,16,19). The van der Waals surface area contributed by atoms with Crippen LogP contribution in [0.4, 0.5) is 0 Å². The summed E-state index contributed by atoms with van der Waals surface area (Å²) >= 11 is 0. The van der Waals surface area contributed by atoms with Crippen molar-refractivity contribution in [2.45, 2.75) is 64.2 Å². The monoisotopic (exact) mass is 343 g/mol. The fourth-order valence-corrected chi connectivity index (χ4v) is 3.86. The second-order valence-corrected chi connectivity index (χ2v) is 8.48. The van der Waals surface area contributed by atoms with Crippen LogP contribution in [0.5, 0.6) is 0 Å². The number of sulfone groups is 1. The minimum absolute atomic E-state index is 0.0488. The molecule has 1 heterocycles. The van der Waals surface area contributed by atoms with Gasteiger partial charge in [-0.15, -0.1) is 0 Å². The fourth-order valence-electron chi connectivity index (χ4n) is 2.79. The minimum atomic E-state index is -3.61. The summed E-state index contributed by atoms with van der Waals surface area (Å²) in [6, 6.07) is 0.0912. The molecule has 1 aliphatic rings. The van der Waals surface area contributed by atoms with Crippen molar-refractivity contribution in [3.63, 3.8) is 0 Å². The zero-order chi connectivity index (χ0) is 16.9. The Kier molecular flexibility index (Phi) is 6.15. The molecule has 1 amide bonds. The molecule has 1 saturated carbocycles. The molecule has 23 heavy (non-hydrogen) atoms. The lowest BCUT2D eigenvalue weighted by Crippen LogP contribution is -2.40. The van der Waals surface area contributed by atoms with Crippen molar-refractivity contribution in [3.8, 4) is 0 Å². The molecule has 2 rings (SSSR count). The predicted molar refractivity (Wildman–Crippen MR) is 85.3 cm³/mol. The highest BCUT2D eigenvalue weighted by Crippen LogP contribution is 2.23. The van der Waals surface area contributed by atoms with Gasteiger partial charge in [0.1, 0.15) is 11.5 Å². The average molecular weight is 343 g/mol. The van der Waals surface area contributed by atoms with E-state index in [4.69, 9.17) is 4.52 Å². The number of nitrogens with one attached hydrogen (secondary N) is 1. The van der Waals surface area contributed by atoms with Crippen molar-refractivity contribution in [2.24, 2.45) is 5.92 Å². The van der Waals surface area contributed by atoms with Gasteiger partial charge < -0.3 is 9.84 Å². The molecule has 0 radical (unpaired) electrons. The van der Waals surface area contributed by atoms with Crippen LogP contribution >= 0.6 is 0 Å². The van der Waals surface area contributed by atoms with Gasteiger partial charge in [0.25, 0.3) is 0 Å². The van der Waals surface area contributed by atoms with E-state index in [0.717, 1.165) is 32.1 Å². The van der Waals surface area contributed by atoms with Crippen LogP contribution in [0.25, 0.3) is 0 Å². The van der Waals surface area contributed by atoms with Gasteiger partial charge in [-0.05, 0) is 38.0 Å². The van der Waals surface area contributed by atoms with Crippen LogP contribution in [-0.2, 0) is 26.8 Å². The zero-order valence-corrected chi connectivity index (χ0v) is 14.6. The molecule has 0 aliphatic heterocycles. The van der Waals surface area contributed by atoms with E-state index in [2.05, 4.69) is 22.4 Å². The van der Waals surface area contributed by atoms with Crippen LogP contribution in [0.15, 0.2) is 4.52 Å². The second-order valence-electron chi connectivity index (χ2n) is 6.41.